The predicted octanol–water partition coefficient (Wildman–Crippen LogP) is 2.29. The summed E-state index contributed by atoms with van der Waals surface area (Å²) in [6.45, 7) is 6.49. The molecule has 4 nitrogen and oxygen atoms in total. The molecule has 1 aromatic rings. The van der Waals surface area contributed by atoms with E-state index in [1.54, 1.807) is 7.05 Å². The molecule has 0 aliphatic carbocycles. The van der Waals surface area contributed by atoms with Gasteiger partial charge in [0.15, 0.2) is 5.96 Å². The molecule has 1 atom stereocenters. The quantitative estimate of drug-likeness (QED) is 0.460. The summed E-state index contributed by atoms with van der Waals surface area (Å²) in [7, 11) is 1.78. The van der Waals surface area contributed by atoms with Crippen molar-refractivity contribution in [1.29, 1.82) is 0 Å². The summed E-state index contributed by atoms with van der Waals surface area (Å²) >= 11 is 1.83. The van der Waals surface area contributed by atoms with E-state index in [1.165, 1.54) is 5.56 Å². The van der Waals surface area contributed by atoms with Gasteiger partial charge in [0.1, 0.15) is 12.4 Å². The molecular weight excluding hydrogens is 270 g/mol. The van der Waals surface area contributed by atoms with Gasteiger partial charge in [-0.25, -0.2) is 0 Å². The number of aryl methyl sites for hydroxylation is 1. The zero-order valence-electron chi connectivity index (χ0n) is 12.8. The second kappa shape index (κ2) is 9.53. The molecule has 1 unspecified atom stereocenters. The molecule has 0 saturated heterocycles. The van der Waals surface area contributed by atoms with Crippen LogP contribution in [-0.4, -0.2) is 44.2 Å². The van der Waals surface area contributed by atoms with Gasteiger partial charge in [0.25, 0.3) is 0 Å². The van der Waals surface area contributed by atoms with E-state index in [0.717, 1.165) is 24.8 Å². The minimum atomic E-state index is 0.567. The lowest BCUT2D eigenvalue weighted by molar-refractivity contribution is 0.322. The number of benzene rings is 1. The molecule has 0 amide bonds. The molecule has 1 rings (SSSR count). The Morgan fingerprint density at radius 1 is 1.30 bits per heavy atom. The topological polar surface area (TPSA) is 45.7 Å². The molecule has 0 aliphatic rings. The van der Waals surface area contributed by atoms with Crippen LogP contribution < -0.4 is 15.4 Å². The molecule has 1 aromatic carbocycles. The number of guanidine groups is 1. The maximum Gasteiger partial charge on any atom is 0.191 e. The number of rotatable bonds is 7. The summed E-state index contributed by atoms with van der Waals surface area (Å²) < 4.78 is 5.65. The van der Waals surface area contributed by atoms with Gasteiger partial charge < -0.3 is 15.4 Å². The predicted molar refractivity (Wildman–Crippen MR) is 89.0 cm³/mol. The normalized spacial score (nSPS) is 12.9. The van der Waals surface area contributed by atoms with E-state index in [4.69, 9.17) is 4.74 Å². The molecule has 5 heteroatoms. The Bertz CT molecular complexity index is 406. The van der Waals surface area contributed by atoms with Crippen molar-refractivity contribution in [3.63, 3.8) is 0 Å². The van der Waals surface area contributed by atoms with Crippen LogP contribution in [0.3, 0.4) is 0 Å². The van der Waals surface area contributed by atoms with E-state index >= 15 is 0 Å². The van der Waals surface area contributed by atoms with Gasteiger partial charge in [-0.3, -0.25) is 4.99 Å². The van der Waals surface area contributed by atoms with Crippen LogP contribution in [0.15, 0.2) is 29.3 Å². The molecular formula is C15H25N3OS. The van der Waals surface area contributed by atoms with Gasteiger partial charge in [0.05, 0.1) is 6.54 Å². The minimum Gasteiger partial charge on any atom is -0.492 e. The average molecular weight is 295 g/mol. The number of hydrogen-bond donors (Lipinski definition) is 2. The second-order valence-corrected chi connectivity index (χ2v) is 5.86. The summed E-state index contributed by atoms with van der Waals surface area (Å²) in [5.74, 6) is 1.72. The molecule has 0 aromatic heterocycles. The van der Waals surface area contributed by atoms with Crippen molar-refractivity contribution < 1.29 is 4.74 Å². The lowest BCUT2D eigenvalue weighted by Gasteiger charge is -2.14. The molecule has 2 N–H and O–H groups in total. The van der Waals surface area contributed by atoms with Crippen LogP contribution >= 0.6 is 11.8 Å². The van der Waals surface area contributed by atoms with Crippen LogP contribution in [0.4, 0.5) is 0 Å². The molecule has 112 valence electrons. The zero-order chi connectivity index (χ0) is 14.8. The maximum atomic E-state index is 5.65. The van der Waals surface area contributed by atoms with Crippen molar-refractivity contribution in [3.05, 3.63) is 29.8 Å². The Morgan fingerprint density at radius 2 is 2.00 bits per heavy atom. The lowest BCUT2D eigenvalue weighted by Crippen LogP contribution is -2.41. The van der Waals surface area contributed by atoms with Crippen molar-refractivity contribution in [1.82, 2.24) is 10.6 Å². The molecule has 0 spiro atoms. The summed E-state index contributed by atoms with van der Waals surface area (Å²) in [4.78, 5) is 4.18. The monoisotopic (exact) mass is 295 g/mol. The molecule has 0 heterocycles. The van der Waals surface area contributed by atoms with Crippen LogP contribution in [0.5, 0.6) is 5.75 Å². The molecule has 0 aliphatic heterocycles. The third kappa shape index (κ3) is 6.70. The molecule has 20 heavy (non-hydrogen) atoms. The first-order valence-corrected chi connectivity index (χ1v) is 8.11. The zero-order valence-corrected chi connectivity index (χ0v) is 13.6. The molecule has 0 radical (unpaired) electrons. The minimum absolute atomic E-state index is 0.567. The van der Waals surface area contributed by atoms with E-state index in [-0.39, 0.29) is 0 Å². The average Bonchev–Trinajstić information content (AvgIpc) is 2.48. The van der Waals surface area contributed by atoms with Crippen LogP contribution in [0.25, 0.3) is 0 Å². The fourth-order valence-electron chi connectivity index (χ4n) is 1.52. The van der Waals surface area contributed by atoms with Crippen molar-refractivity contribution in [2.75, 3.05) is 33.0 Å². The third-order valence-corrected chi connectivity index (χ3v) is 3.84. The number of aliphatic imine (C=N–C) groups is 1. The maximum absolute atomic E-state index is 5.65. The lowest BCUT2D eigenvalue weighted by atomic mass is 10.2. The number of thioether (sulfide) groups is 1. The standard InChI is InChI=1S/C15H25N3OS/c1-12-5-7-14(8-6-12)19-10-9-17-15(16-3)18-11-13(2)20-4/h5-8,13H,9-11H2,1-4H3,(H2,16,17,18). The van der Waals surface area contributed by atoms with Crippen LogP contribution in [0.2, 0.25) is 0 Å². The van der Waals surface area contributed by atoms with E-state index < -0.39 is 0 Å². The first-order chi connectivity index (χ1) is 9.65. The van der Waals surface area contributed by atoms with E-state index in [0.29, 0.717) is 11.9 Å². The van der Waals surface area contributed by atoms with Gasteiger partial charge >= 0.3 is 0 Å². The van der Waals surface area contributed by atoms with Crippen LogP contribution in [0.1, 0.15) is 12.5 Å². The van der Waals surface area contributed by atoms with Crippen molar-refractivity contribution in [2.24, 2.45) is 4.99 Å². The van der Waals surface area contributed by atoms with Gasteiger partial charge in [0.2, 0.25) is 0 Å². The summed E-state index contributed by atoms with van der Waals surface area (Å²) in [5.41, 5.74) is 1.24. The highest BCUT2D eigenvalue weighted by Crippen LogP contribution is 2.10. The van der Waals surface area contributed by atoms with Gasteiger partial charge in [-0.15, -0.1) is 0 Å². The molecule has 0 fully saturated rings. The smallest absolute Gasteiger partial charge is 0.191 e. The Hall–Kier alpha value is -1.36. The molecule has 0 saturated carbocycles. The molecule has 0 bridgehead atoms. The Morgan fingerprint density at radius 3 is 2.60 bits per heavy atom. The second-order valence-electron chi connectivity index (χ2n) is 4.59. The SMILES string of the molecule is CN=C(NCCOc1ccc(C)cc1)NCC(C)SC. The summed E-state index contributed by atoms with van der Waals surface area (Å²) in [6, 6.07) is 8.07. The number of hydrogen-bond acceptors (Lipinski definition) is 3. The highest BCUT2D eigenvalue weighted by atomic mass is 32.2. The number of nitrogens with zero attached hydrogens (tertiary/aromatic N) is 1. The van der Waals surface area contributed by atoms with Gasteiger partial charge in [-0.05, 0) is 25.3 Å². The number of nitrogens with one attached hydrogen (secondary N) is 2. The largest absolute Gasteiger partial charge is 0.492 e. The fraction of sp³-hybridized carbons (Fsp3) is 0.533. The first-order valence-electron chi connectivity index (χ1n) is 6.82. The van der Waals surface area contributed by atoms with Crippen LogP contribution in [-0.2, 0) is 0 Å². The van der Waals surface area contributed by atoms with E-state index in [2.05, 4.69) is 35.7 Å². The van der Waals surface area contributed by atoms with E-state index in [9.17, 15) is 0 Å². The highest BCUT2D eigenvalue weighted by molar-refractivity contribution is 7.99. The van der Waals surface area contributed by atoms with Gasteiger partial charge in [-0.2, -0.15) is 11.8 Å². The van der Waals surface area contributed by atoms with Gasteiger partial charge in [-0.1, -0.05) is 24.6 Å². The van der Waals surface area contributed by atoms with Gasteiger partial charge in [0, 0.05) is 18.8 Å². The highest BCUT2D eigenvalue weighted by Gasteiger charge is 2.01. The third-order valence-electron chi connectivity index (χ3n) is 2.87. The van der Waals surface area contributed by atoms with E-state index in [1.807, 2.05) is 36.0 Å². The Balaban J connectivity index is 2.20. The number of ether oxygens (including phenoxy) is 1. The van der Waals surface area contributed by atoms with Crippen LogP contribution in [0, 0.1) is 6.92 Å². The Kier molecular flexibility index (Phi) is 7.95. The van der Waals surface area contributed by atoms with Crippen molar-refractivity contribution in [2.45, 2.75) is 19.1 Å². The fourth-order valence-corrected chi connectivity index (χ4v) is 1.77. The summed E-state index contributed by atoms with van der Waals surface area (Å²) in [6.07, 6.45) is 2.11. The first kappa shape index (κ1) is 16.7. The summed E-state index contributed by atoms with van der Waals surface area (Å²) in [5, 5.41) is 7.09. The van der Waals surface area contributed by atoms with Crippen molar-refractivity contribution >= 4 is 17.7 Å². The van der Waals surface area contributed by atoms with Crippen molar-refractivity contribution in [3.8, 4) is 5.75 Å². The Labute approximate surface area is 126 Å².